The molecule has 0 aliphatic carbocycles. The molecule has 1 amide bonds. The van der Waals surface area contributed by atoms with E-state index in [4.69, 9.17) is 10.5 Å². The zero-order chi connectivity index (χ0) is 19.4. The minimum Gasteiger partial charge on any atom is -0.493 e. The van der Waals surface area contributed by atoms with Crippen molar-refractivity contribution >= 4 is 44.9 Å². The summed E-state index contributed by atoms with van der Waals surface area (Å²) >= 11 is 1.23. The van der Waals surface area contributed by atoms with Crippen LogP contribution in [0.25, 0.3) is 10.9 Å². The van der Waals surface area contributed by atoms with Gasteiger partial charge in [0.1, 0.15) is 6.54 Å². The molecule has 0 unspecified atom stereocenters. The van der Waals surface area contributed by atoms with Crippen LogP contribution < -0.4 is 5.73 Å². The lowest BCUT2D eigenvalue weighted by atomic mass is 10.2. The predicted molar refractivity (Wildman–Crippen MR) is 100.0 cm³/mol. The average Bonchev–Trinajstić information content (AvgIpc) is 3.15. The number of ether oxygens (including phenoxy) is 1. The third-order valence-electron chi connectivity index (χ3n) is 3.67. The first-order chi connectivity index (χ1) is 13.0. The number of para-hydroxylation sites is 1. The molecule has 0 radical (unpaired) electrons. The minimum absolute atomic E-state index is 0.0422. The van der Waals surface area contributed by atoms with Gasteiger partial charge in [-0.05, 0) is 13.0 Å². The van der Waals surface area contributed by atoms with E-state index < -0.39 is 11.9 Å². The second-order valence-electron chi connectivity index (χ2n) is 5.53. The Labute approximate surface area is 158 Å². The van der Waals surface area contributed by atoms with Crippen LogP contribution in [0.5, 0.6) is 5.88 Å². The molecule has 0 bridgehead atoms. The molecule has 3 aromatic rings. The summed E-state index contributed by atoms with van der Waals surface area (Å²) < 4.78 is 6.30. The van der Waals surface area contributed by atoms with Gasteiger partial charge in [0, 0.05) is 10.8 Å². The zero-order valence-corrected chi connectivity index (χ0v) is 15.3. The quantitative estimate of drug-likeness (QED) is 0.494. The molecule has 3 rings (SSSR count). The smallest absolute Gasteiger partial charge is 0.326 e. The summed E-state index contributed by atoms with van der Waals surface area (Å²) in [7, 11) is 0. The highest BCUT2D eigenvalue weighted by Crippen LogP contribution is 2.38. The molecule has 2 aromatic heterocycles. The maximum absolute atomic E-state index is 12.0. The number of thiazole rings is 1. The van der Waals surface area contributed by atoms with Crippen molar-refractivity contribution in [1.82, 2.24) is 9.55 Å². The molecule has 0 aliphatic rings. The number of fused-ring (bicyclic) bond motifs is 1. The van der Waals surface area contributed by atoms with E-state index in [1.54, 1.807) is 36.6 Å². The lowest BCUT2D eigenvalue weighted by molar-refractivity contribution is -0.143. The summed E-state index contributed by atoms with van der Waals surface area (Å²) in [5.74, 6) is -1.28. The molecule has 9 nitrogen and oxygen atoms in total. The van der Waals surface area contributed by atoms with Gasteiger partial charge in [0.05, 0.1) is 24.2 Å². The molecule has 10 heteroatoms. The largest absolute Gasteiger partial charge is 0.493 e. The number of nitrogens with two attached hydrogens (primary N) is 1. The van der Waals surface area contributed by atoms with Gasteiger partial charge in [0.2, 0.25) is 5.88 Å². The molecule has 27 heavy (non-hydrogen) atoms. The number of aromatic hydroxyl groups is 1. The van der Waals surface area contributed by atoms with Gasteiger partial charge in [-0.25, -0.2) is 4.98 Å². The number of aromatic nitrogens is 2. The monoisotopic (exact) mass is 387 g/mol. The van der Waals surface area contributed by atoms with E-state index in [1.807, 2.05) is 0 Å². The molecule has 0 saturated heterocycles. The van der Waals surface area contributed by atoms with Crippen LogP contribution in [0.4, 0.5) is 10.8 Å². The van der Waals surface area contributed by atoms with Crippen LogP contribution in [0.15, 0.2) is 39.9 Å². The van der Waals surface area contributed by atoms with Gasteiger partial charge in [0.15, 0.2) is 10.8 Å². The van der Waals surface area contributed by atoms with Gasteiger partial charge < -0.3 is 15.6 Å². The van der Waals surface area contributed by atoms with Crippen LogP contribution >= 0.6 is 11.3 Å². The number of esters is 1. The standard InChI is InChI=1S/C17H17N5O4S/c1-2-26-14(24)8-22-12-6-4-3-5-11(12)15(16(22)25)21-20-13(23)7-10-9-27-17(18)19-10/h3-6,9,25H,2,7-8H2,1H3,(H2,18,19). The molecule has 2 heterocycles. The Morgan fingerprint density at radius 2 is 2.15 bits per heavy atom. The van der Waals surface area contributed by atoms with Crippen molar-refractivity contribution < 1.29 is 19.4 Å². The second-order valence-corrected chi connectivity index (χ2v) is 6.42. The minimum atomic E-state index is -0.526. The van der Waals surface area contributed by atoms with Crippen molar-refractivity contribution in [2.45, 2.75) is 19.9 Å². The van der Waals surface area contributed by atoms with Crippen molar-refractivity contribution in [1.29, 1.82) is 0 Å². The number of azo groups is 1. The maximum atomic E-state index is 12.0. The zero-order valence-electron chi connectivity index (χ0n) is 14.5. The second kappa shape index (κ2) is 7.96. The Morgan fingerprint density at radius 3 is 2.85 bits per heavy atom. The number of hydrogen-bond donors (Lipinski definition) is 2. The molecular formula is C17H17N5O4S. The SMILES string of the molecule is CCOC(=O)Cn1c(O)c(N=NC(=O)Cc2csc(N)n2)c2ccccc21. The number of rotatable bonds is 6. The van der Waals surface area contributed by atoms with Crippen molar-refractivity contribution in [3.8, 4) is 5.88 Å². The summed E-state index contributed by atoms with van der Waals surface area (Å²) in [4.78, 5) is 27.8. The summed E-state index contributed by atoms with van der Waals surface area (Å²) in [6, 6.07) is 6.97. The van der Waals surface area contributed by atoms with Gasteiger partial charge in [-0.1, -0.05) is 18.2 Å². The van der Waals surface area contributed by atoms with Crippen molar-refractivity contribution in [2.75, 3.05) is 12.3 Å². The Bertz CT molecular complexity index is 1020. The van der Waals surface area contributed by atoms with Gasteiger partial charge in [-0.2, -0.15) is 0 Å². The average molecular weight is 387 g/mol. The van der Waals surface area contributed by atoms with Crippen LogP contribution in [0, 0.1) is 0 Å². The van der Waals surface area contributed by atoms with E-state index in [9.17, 15) is 14.7 Å². The van der Waals surface area contributed by atoms with E-state index in [1.165, 1.54) is 15.9 Å². The number of hydrogen-bond acceptors (Lipinski definition) is 8. The Kier molecular flexibility index (Phi) is 5.46. The number of anilines is 1. The number of amides is 1. The van der Waals surface area contributed by atoms with Crippen molar-refractivity contribution in [3.05, 3.63) is 35.3 Å². The van der Waals surface area contributed by atoms with E-state index in [0.29, 0.717) is 21.7 Å². The van der Waals surface area contributed by atoms with Crippen LogP contribution in [0.2, 0.25) is 0 Å². The number of nitrogen functional groups attached to an aromatic ring is 1. The number of nitrogens with zero attached hydrogens (tertiary/aromatic N) is 4. The van der Waals surface area contributed by atoms with E-state index in [2.05, 4.69) is 15.2 Å². The van der Waals surface area contributed by atoms with Crippen LogP contribution in [0.3, 0.4) is 0 Å². The van der Waals surface area contributed by atoms with Gasteiger partial charge in [0.25, 0.3) is 5.91 Å². The maximum Gasteiger partial charge on any atom is 0.326 e. The van der Waals surface area contributed by atoms with Gasteiger partial charge >= 0.3 is 5.97 Å². The number of carbonyl (C=O) groups is 2. The number of benzene rings is 1. The van der Waals surface area contributed by atoms with Crippen LogP contribution in [-0.4, -0.2) is 33.1 Å². The molecule has 1 aromatic carbocycles. The topological polar surface area (TPSA) is 132 Å². The van der Waals surface area contributed by atoms with E-state index in [-0.39, 0.29) is 31.1 Å². The molecular weight excluding hydrogens is 370 g/mol. The molecule has 140 valence electrons. The number of carbonyl (C=O) groups excluding carboxylic acids is 2. The normalized spacial score (nSPS) is 11.3. The molecule has 0 fully saturated rings. The van der Waals surface area contributed by atoms with Crippen molar-refractivity contribution in [3.63, 3.8) is 0 Å². The fourth-order valence-electron chi connectivity index (χ4n) is 2.57. The highest BCUT2D eigenvalue weighted by atomic mass is 32.1. The first kappa shape index (κ1) is 18.5. The molecule has 0 saturated carbocycles. The summed E-state index contributed by atoms with van der Waals surface area (Å²) in [6.45, 7) is 1.76. The van der Waals surface area contributed by atoms with Crippen LogP contribution in [0.1, 0.15) is 12.6 Å². The fraction of sp³-hybridized carbons (Fsp3) is 0.235. The third kappa shape index (κ3) is 4.11. The first-order valence-corrected chi connectivity index (χ1v) is 8.97. The van der Waals surface area contributed by atoms with Crippen LogP contribution in [-0.2, 0) is 27.3 Å². The van der Waals surface area contributed by atoms with Crippen molar-refractivity contribution in [2.24, 2.45) is 10.2 Å². The Morgan fingerprint density at radius 1 is 1.37 bits per heavy atom. The molecule has 0 atom stereocenters. The van der Waals surface area contributed by atoms with E-state index >= 15 is 0 Å². The van der Waals surface area contributed by atoms with Gasteiger partial charge in [-0.15, -0.1) is 21.6 Å². The lowest BCUT2D eigenvalue weighted by Gasteiger charge is -2.06. The summed E-state index contributed by atoms with van der Waals surface area (Å²) in [5.41, 5.74) is 6.74. The third-order valence-corrected chi connectivity index (χ3v) is 4.40. The summed E-state index contributed by atoms with van der Waals surface area (Å²) in [5, 5.41) is 20.7. The first-order valence-electron chi connectivity index (χ1n) is 8.09. The molecule has 0 spiro atoms. The Balaban J connectivity index is 1.88. The highest BCUT2D eigenvalue weighted by molar-refractivity contribution is 7.13. The Hall–Kier alpha value is -3.27. The highest BCUT2D eigenvalue weighted by Gasteiger charge is 2.19. The molecule has 0 aliphatic heterocycles. The molecule has 3 N–H and O–H groups in total. The lowest BCUT2D eigenvalue weighted by Crippen LogP contribution is -2.12. The predicted octanol–water partition coefficient (Wildman–Crippen LogP) is 2.80. The fourth-order valence-corrected chi connectivity index (χ4v) is 3.13. The van der Waals surface area contributed by atoms with Gasteiger partial charge in [-0.3, -0.25) is 14.2 Å². The van der Waals surface area contributed by atoms with E-state index in [0.717, 1.165) is 0 Å². The summed E-state index contributed by atoms with van der Waals surface area (Å²) in [6.07, 6.45) is -0.0422.